The molecule has 1 saturated heterocycles. The van der Waals surface area contributed by atoms with E-state index in [0.717, 1.165) is 5.69 Å². The van der Waals surface area contributed by atoms with Crippen molar-refractivity contribution in [2.24, 2.45) is 0 Å². The summed E-state index contributed by atoms with van der Waals surface area (Å²) in [6.45, 7) is 2.69. The van der Waals surface area contributed by atoms with Gasteiger partial charge in [0.25, 0.3) is 0 Å². The fourth-order valence-electron chi connectivity index (χ4n) is 2.20. The molecule has 6 heteroatoms. The van der Waals surface area contributed by atoms with Crippen molar-refractivity contribution in [2.75, 3.05) is 30.4 Å². The molecule has 0 bridgehead atoms. The number of anilines is 2. The van der Waals surface area contributed by atoms with Crippen LogP contribution in [-0.2, 0) is 9.53 Å². The molecule has 1 amide bonds. The first-order chi connectivity index (χ1) is 9.56. The zero-order valence-corrected chi connectivity index (χ0v) is 13.1. The minimum absolute atomic E-state index is 0.0457. The Morgan fingerprint density at radius 2 is 2.30 bits per heavy atom. The first-order valence-electron chi connectivity index (χ1n) is 6.50. The summed E-state index contributed by atoms with van der Waals surface area (Å²) in [4.78, 5) is 25.6. The van der Waals surface area contributed by atoms with Gasteiger partial charge in [-0.2, -0.15) is 0 Å². The van der Waals surface area contributed by atoms with Crippen LogP contribution < -0.4 is 10.2 Å². The summed E-state index contributed by atoms with van der Waals surface area (Å²) in [5.41, 5.74) is 1.98. The van der Waals surface area contributed by atoms with E-state index in [-0.39, 0.29) is 16.7 Å². The second kappa shape index (κ2) is 6.26. The van der Waals surface area contributed by atoms with Gasteiger partial charge in [0.2, 0.25) is 5.91 Å². The third kappa shape index (κ3) is 2.95. The topological polar surface area (TPSA) is 58.6 Å². The lowest BCUT2D eigenvalue weighted by Gasteiger charge is -2.20. The van der Waals surface area contributed by atoms with E-state index in [1.165, 1.54) is 0 Å². The van der Waals surface area contributed by atoms with Crippen molar-refractivity contribution >= 4 is 39.2 Å². The average Bonchev–Trinajstić information content (AvgIpc) is 2.77. The van der Waals surface area contributed by atoms with E-state index >= 15 is 0 Å². The molecule has 1 aliphatic rings. The van der Waals surface area contributed by atoms with Crippen LogP contribution in [0.25, 0.3) is 0 Å². The third-order valence-electron chi connectivity index (χ3n) is 3.15. The zero-order valence-electron chi connectivity index (χ0n) is 11.5. The van der Waals surface area contributed by atoms with Gasteiger partial charge in [0, 0.05) is 24.8 Å². The lowest BCUT2D eigenvalue weighted by molar-refractivity contribution is -0.117. The van der Waals surface area contributed by atoms with E-state index < -0.39 is 0 Å². The van der Waals surface area contributed by atoms with E-state index in [0.29, 0.717) is 30.8 Å². The van der Waals surface area contributed by atoms with Crippen LogP contribution in [0.2, 0.25) is 0 Å². The molecule has 1 N–H and O–H groups in total. The first-order valence-corrected chi connectivity index (χ1v) is 7.41. The Morgan fingerprint density at radius 3 is 2.85 bits per heavy atom. The van der Waals surface area contributed by atoms with Crippen LogP contribution in [0, 0.1) is 0 Å². The summed E-state index contributed by atoms with van der Waals surface area (Å²) in [6.07, 6.45) is 0.465. The van der Waals surface area contributed by atoms with Crippen LogP contribution in [0.15, 0.2) is 18.2 Å². The van der Waals surface area contributed by atoms with Gasteiger partial charge >= 0.3 is 5.97 Å². The van der Waals surface area contributed by atoms with E-state index in [1.54, 1.807) is 37.1 Å². The van der Waals surface area contributed by atoms with Crippen LogP contribution >= 0.6 is 15.9 Å². The number of nitrogens with one attached hydrogen (secondary N) is 1. The van der Waals surface area contributed by atoms with Crippen molar-refractivity contribution in [3.63, 3.8) is 0 Å². The number of esters is 1. The van der Waals surface area contributed by atoms with Gasteiger partial charge in [0.1, 0.15) is 0 Å². The number of carbonyl (C=O) groups is 2. The van der Waals surface area contributed by atoms with E-state index in [1.807, 2.05) is 0 Å². The maximum absolute atomic E-state index is 12.0. The summed E-state index contributed by atoms with van der Waals surface area (Å²) in [7, 11) is 1.79. The Hall–Kier alpha value is -1.56. The molecule has 20 heavy (non-hydrogen) atoms. The number of hydrogen-bond acceptors (Lipinski definition) is 4. The lowest BCUT2D eigenvalue weighted by Crippen LogP contribution is -2.25. The van der Waals surface area contributed by atoms with Crippen LogP contribution in [0.1, 0.15) is 23.7 Å². The molecular weight excluding hydrogens is 324 g/mol. The molecule has 1 aromatic rings. The highest BCUT2D eigenvalue weighted by Crippen LogP contribution is 2.32. The average molecular weight is 341 g/mol. The molecule has 0 radical (unpaired) electrons. The Morgan fingerprint density at radius 1 is 1.55 bits per heavy atom. The maximum Gasteiger partial charge on any atom is 0.338 e. The van der Waals surface area contributed by atoms with Crippen LogP contribution in [0.5, 0.6) is 0 Å². The number of ether oxygens (including phenoxy) is 1. The third-order valence-corrected chi connectivity index (χ3v) is 3.76. The number of amides is 1. The van der Waals surface area contributed by atoms with Crippen molar-refractivity contribution in [2.45, 2.75) is 18.2 Å². The molecule has 0 saturated carbocycles. The van der Waals surface area contributed by atoms with Crippen molar-refractivity contribution in [1.29, 1.82) is 0 Å². The van der Waals surface area contributed by atoms with Crippen molar-refractivity contribution in [1.82, 2.24) is 0 Å². The molecule has 1 atom stereocenters. The van der Waals surface area contributed by atoms with Crippen molar-refractivity contribution in [3.05, 3.63) is 23.8 Å². The van der Waals surface area contributed by atoms with E-state index in [4.69, 9.17) is 4.74 Å². The highest BCUT2D eigenvalue weighted by Gasteiger charge is 2.30. The minimum atomic E-state index is -0.376. The minimum Gasteiger partial charge on any atom is -0.462 e. The number of hydrogen-bond donors (Lipinski definition) is 1. The number of nitrogens with zero attached hydrogens (tertiary/aromatic N) is 1. The quantitative estimate of drug-likeness (QED) is 0.675. The van der Waals surface area contributed by atoms with Crippen molar-refractivity contribution in [3.8, 4) is 0 Å². The van der Waals surface area contributed by atoms with Gasteiger partial charge < -0.3 is 15.0 Å². The summed E-state index contributed by atoms with van der Waals surface area (Å²) >= 11 is 3.46. The maximum atomic E-state index is 12.0. The molecular formula is C14H17BrN2O3. The van der Waals surface area contributed by atoms with E-state index in [2.05, 4.69) is 21.2 Å². The molecule has 0 aliphatic carbocycles. The van der Waals surface area contributed by atoms with Gasteiger partial charge in [-0.1, -0.05) is 15.9 Å². The number of carbonyl (C=O) groups excluding carboxylic acids is 2. The molecule has 108 valence electrons. The number of benzene rings is 1. The number of alkyl halides is 1. The second-order valence-corrected chi connectivity index (χ2v) is 5.80. The highest BCUT2D eigenvalue weighted by atomic mass is 79.9. The largest absolute Gasteiger partial charge is 0.462 e. The van der Waals surface area contributed by atoms with Crippen LogP contribution in [0.4, 0.5) is 11.4 Å². The van der Waals surface area contributed by atoms with Gasteiger partial charge in [-0.15, -0.1) is 0 Å². The fraction of sp³-hybridized carbons (Fsp3) is 0.429. The zero-order chi connectivity index (χ0) is 14.7. The predicted octanol–water partition coefficient (Wildman–Crippen LogP) is 2.41. The number of rotatable bonds is 4. The molecule has 1 heterocycles. The summed E-state index contributed by atoms with van der Waals surface area (Å²) in [5, 5.41) is 3.04. The molecule has 1 aliphatic heterocycles. The molecule has 1 unspecified atom stereocenters. The predicted molar refractivity (Wildman–Crippen MR) is 81.6 cm³/mol. The smallest absolute Gasteiger partial charge is 0.338 e. The monoisotopic (exact) mass is 340 g/mol. The Balaban J connectivity index is 2.37. The van der Waals surface area contributed by atoms with Gasteiger partial charge in [-0.05, 0) is 25.1 Å². The van der Waals surface area contributed by atoms with Crippen LogP contribution in [-0.4, -0.2) is 36.9 Å². The Labute approximate surface area is 126 Å². The Kier molecular flexibility index (Phi) is 4.65. The normalized spacial score (nSPS) is 18.2. The molecule has 1 fully saturated rings. The van der Waals surface area contributed by atoms with Gasteiger partial charge in [0.05, 0.1) is 23.5 Å². The van der Waals surface area contributed by atoms with Gasteiger partial charge in [-0.3, -0.25) is 4.79 Å². The molecule has 2 rings (SSSR count). The highest BCUT2D eigenvalue weighted by molar-refractivity contribution is 9.09. The molecule has 5 nitrogen and oxygen atoms in total. The van der Waals surface area contributed by atoms with E-state index in [9.17, 15) is 9.59 Å². The SMILES string of the molecule is CCOC(=O)c1ccc(NC)c(N2CC(Br)CC2=O)c1. The summed E-state index contributed by atoms with van der Waals surface area (Å²) < 4.78 is 4.99. The van der Waals surface area contributed by atoms with Crippen molar-refractivity contribution < 1.29 is 14.3 Å². The van der Waals surface area contributed by atoms with Gasteiger partial charge in [0.15, 0.2) is 0 Å². The molecule has 1 aromatic carbocycles. The second-order valence-electron chi connectivity index (χ2n) is 4.51. The lowest BCUT2D eigenvalue weighted by atomic mass is 10.1. The fourth-order valence-corrected chi connectivity index (χ4v) is 2.77. The Bertz CT molecular complexity index is 533. The van der Waals surface area contributed by atoms with Crippen LogP contribution in [0.3, 0.4) is 0 Å². The number of halogens is 1. The summed E-state index contributed by atoms with van der Waals surface area (Å²) in [6, 6.07) is 5.18. The van der Waals surface area contributed by atoms with Gasteiger partial charge in [-0.25, -0.2) is 4.79 Å². The summed E-state index contributed by atoms with van der Waals surface area (Å²) in [5.74, 6) is -0.331. The molecule has 0 aromatic heterocycles. The molecule has 0 spiro atoms. The standard InChI is InChI=1S/C14H17BrN2O3/c1-3-20-14(19)9-4-5-11(16-2)12(6-9)17-8-10(15)7-13(17)18/h4-6,10,16H,3,7-8H2,1-2H3. The first kappa shape index (κ1) is 14.8.